The van der Waals surface area contributed by atoms with Crippen molar-refractivity contribution >= 4 is 48.6 Å². The first-order chi connectivity index (χ1) is 7.04. The molecule has 82 valence electrons. The summed E-state index contributed by atoms with van der Waals surface area (Å²) in [4.78, 5) is 11.5. The van der Waals surface area contributed by atoms with Crippen LogP contribution < -0.4 is 0 Å². The molecule has 0 aliphatic carbocycles. The molecule has 0 amide bonds. The van der Waals surface area contributed by atoms with E-state index in [0.29, 0.717) is 9.37 Å². The van der Waals surface area contributed by atoms with Crippen molar-refractivity contribution in [3.05, 3.63) is 27.1 Å². The Balaban J connectivity index is 2.87. The summed E-state index contributed by atoms with van der Waals surface area (Å²) in [5.41, 5.74) is 0. The molecule has 1 unspecified atom stereocenters. The second-order valence-electron chi connectivity index (χ2n) is 2.64. The summed E-state index contributed by atoms with van der Waals surface area (Å²) < 4.78 is 17.8. The average molecular weight is 356 g/mol. The maximum Gasteiger partial charge on any atom is 0.318 e. The number of benzene rings is 1. The van der Waals surface area contributed by atoms with Gasteiger partial charge in [0.15, 0.2) is 0 Å². The zero-order valence-electron chi connectivity index (χ0n) is 7.83. The molecule has 0 spiro atoms. The Kier molecular flexibility index (Phi) is 4.95. The number of ether oxygens (including phenoxy) is 1. The first kappa shape index (κ1) is 12.9. The fourth-order valence-electron chi connectivity index (χ4n) is 0.904. The van der Waals surface area contributed by atoms with Gasteiger partial charge in [0.2, 0.25) is 0 Å². The van der Waals surface area contributed by atoms with Crippen molar-refractivity contribution in [1.29, 1.82) is 0 Å². The molecule has 0 aliphatic rings. The van der Waals surface area contributed by atoms with E-state index < -0.39 is 16.8 Å². The smallest absolute Gasteiger partial charge is 0.318 e. The van der Waals surface area contributed by atoms with E-state index in [1.54, 1.807) is 18.2 Å². The SMILES string of the molecule is COC(=O)CS(=O)c1ccc(Br)cc1Br. The highest BCUT2D eigenvalue weighted by Gasteiger charge is 2.13. The summed E-state index contributed by atoms with van der Waals surface area (Å²) in [6.07, 6.45) is 0. The van der Waals surface area contributed by atoms with E-state index in [9.17, 15) is 9.00 Å². The number of hydrogen-bond acceptors (Lipinski definition) is 3. The van der Waals surface area contributed by atoms with Crippen LogP contribution in [-0.2, 0) is 20.3 Å². The van der Waals surface area contributed by atoms with Crippen LogP contribution in [0.15, 0.2) is 32.0 Å². The quantitative estimate of drug-likeness (QED) is 0.782. The molecule has 0 N–H and O–H groups in total. The fourth-order valence-corrected chi connectivity index (χ4v) is 3.48. The molecule has 0 radical (unpaired) electrons. The highest BCUT2D eigenvalue weighted by atomic mass is 79.9. The molecule has 1 atom stereocenters. The van der Waals surface area contributed by atoms with E-state index in [1.807, 2.05) is 0 Å². The lowest BCUT2D eigenvalue weighted by molar-refractivity contribution is -0.137. The topological polar surface area (TPSA) is 43.4 Å². The summed E-state index contributed by atoms with van der Waals surface area (Å²) in [5, 5.41) is 0. The standard InChI is InChI=1S/C9H8Br2O3S/c1-14-9(12)5-15(13)8-3-2-6(10)4-7(8)11/h2-4H,5H2,1H3. The van der Waals surface area contributed by atoms with Crippen LogP contribution in [0.5, 0.6) is 0 Å². The summed E-state index contributed by atoms with van der Waals surface area (Å²) in [5.74, 6) is -0.611. The lowest BCUT2D eigenvalue weighted by atomic mass is 10.4. The zero-order valence-corrected chi connectivity index (χ0v) is 11.8. The molecule has 0 aromatic heterocycles. The third kappa shape index (κ3) is 3.70. The Morgan fingerprint density at radius 3 is 2.67 bits per heavy atom. The number of methoxy groups -OCH3 is 1. The number of esters is 1. The van der Waals surface area contributed by atoms with Gasteiger partial charge in [0.25, 0.3) is 0 Å². The van der Waals surface area contributed by atoms with Crippen LogP contribution in [0.2, 0.25) is 0 Å². The number of hydrogen-bond donors (Lipinski definition) is 0. The van der Waals surface area contributed by atoms with Gasteiger partial charge in [-0.25, -0.2) is 0 Å². The van der Waals surface area contributed by atoms with Crippen molar-refractivity contribution in [2.45, 2.75) is 4.90 Å². The Hall–Kier alpha value is -0.200. The van der Waals surface area contributed by atoms with Crippen LogP contribution in [0.3, 0.4) is 0 Å². The number of carbonyl (C=O) groups excluding carboxylic acids is 1. The van der Waals surface area contributed by atoms with E-state index in [2.05, 4.69) is 36.6 Å². The largest absolute Gasteiger partial charge is 0.468 e. The van der Waals surface area contributed by atoms with E-state index in [1.165, 1.54) is 7.11 Å². The van der Waals surface area contributed by atoms with Crippen molar-refractivity contribution in [3.8, 4) is 0 Å². The van der Waals surface area contributed by atoms with Crippen LogP contribution >= 0.6 is 31.9 Å². The molecule has 0 bridgehead atoms. The Labute approximate surface area is 107 Å². The zero-order chi connectivity index (χ0) is 11.4. The molecule has 0 fully saturated rings. The van der Waals surface area contributed by atoms with Gasteiger partial charge >= 0.3 is 5.97 Å². The minimum atomic E-state index is -1.38. The third-order valence-electron chi connectivity index (χ3n) is 1.62. The first-order valence-electron chi connectivity index (χ1n) is 3.95. The molecule has 6 heteroatoms. The molecule has 0 aliphatic heterocycles. The first-order valence-corrected chi connectivity index (χ1v) is 6.85. The van der Waals surface area contributed by atoms with E-state index in [0.717, 1.165) is 4.47 Å². The predicted molar refractivity (Wildman–Crippen MR) is 65.1 cm³/mol. The van der Waals surface area contributed by atoms with Crippen LogP contribution in [0.1, 0.15) is 0 Å². The molecule has 3 nitrogen and oxygen atoms in total. The van der Waals surface area contributed by atoms with Crippen LogP contribution in [0, 0.1) is 0 Å². The monoisotopic (exact) mass is 354 g/mol. The minimum Gasteiger partial charge on any atom is -0.468 e. The number of rotatable bonds is 3. The van der Waals surface area contributed by atoms with Crippen molar-refractivity contribution in [3.63, 3.8) is 0 Å². The van der Waals surface area contributed by atoms with Crippen molar-refractivity contribution in [2.75, 3.05) is 12.9 Å². The fraction of sp³-hybridized carbons (Fsp3) is 0.222. The maximum atomic E-state index is 11.7. The van der Waals surface area contributed by atoms with Crippen LogP contribution in [0.25, 0.3) is 0 Å². The summed E-state index contributed by atoms with van der Waals surface area (Å²) in [6, 6.07) is 5.26. The van der Waals surface area contributed by atoms with E-state index in [4.69, 9.17) is 0 Å². The van der Waals surface area contributed by atoms with Gasteiger partial charge in [-0.2, -0.15) is 0 Å². The molecule has 0 heterocycles. The molecule has 0 saturated carbocycles. The normalized spacial score (nSPS) is 12.2. The molecule has 0 saturated heterocycles. The van der Waals surface area contributed by atoms with E-state index in [-0.39, 0.29) is 5.75 Å². The third-order valence-corrected chi connectivity index (χ3v) is 4.37. The molecule has 1 aromatic rings. The highest BCUT2D eigenvalue weighted by molar-refractivity contribution is 9.11. The van der Waals surface area contributed by atoms with Gasteiger partial charge in [0.1, 0.15) is 5.75 Å². The van der Waals surface area contributed by atoms with Crippen molar-refractivity contribution in [1.82, 2.24) is 0 Å². The lowest BCUT2D eigenvalue weighted by Gasteiger charge is -2.04. The summed E-state index contributed by atoms with van der Waals surface area (Å²) in [6.45, 7) is 0. The number of carbonyl (C=O) groups is 1. The van der Waals surface area contributed by atoms with Crippen LogP contribution in [-0.4, -0.2) is 23.0 Å². The second kappa shape index (κ2) is 5.77. The molecule has 15 heavy (non-hydrogen) atoms. The van der Waals surface area contributed by atoms with Gasteiger partial charge in [-0.05, 0) is 34.1 Å². The Bertz CT molecular complexity index is 406. The molecule has 1 aromatic carbocycles. The highest BCUT2D eigenvalue weighted by Crippen LogP contribution is 2.24. The average Bonchev–Trinajstić information content (AvgIpc) is 2.17. The second-order valence-corrected chi connectivity index (χ2v) is 5.83. The van der Waals surface area contributed by atoms with Gasteiger partial charge in [0, 0.05) is 8.95 Å². The summed E-state index contributed by atoms with van der Waals surface area (Å²) >= 11 is 6.57. The van der Waals surface area contributed by atoms with Gasteiger partial charge in [0.05, 0.1) is 22.8 Å². The molecular weight excluding hydrogens is 348 g/mol. The molecule has 1 rings (SSSR count). The van der Waals surface area contributed by atoms with E-state index >= 15 is 0 Å². The minimum absolute atomic E-state index is 0.128. The lowest BCUT2D eigenvalue weighted by Crippen LogP contribution is -2.12. The molecular formula is C9H8Br2O3S. The predicted octanol–water partition coefficient (Wildman–Crippen LogP) is 2.49. The van der Waals surface area contributed by atoms with Crippen molar-refractivity contribution < 1.29 is 13.7 Å². The van der Waals surface area contributed by atoms with Gasteiger partial charge in [-0.3, -0.25) is 9.00 Å². The van der Waals surface area contributed by atoms with Crippen LogP contribution in [0.4, 0.5) is 0 Å². The Morgan fingerprint density at radius 2 is 2.13 bits per heavy atom. The maximum absolute atomic E-state index is 11.7. The Morgan fingerprint density at radius 1 is 1.47 bits per heavy atom. The summed E-state index contributed by atoms with van der Waals surface area (Å²) in [7, 11) is -0.102. The number of halogens is 2. The van der Waals surface area contributed by atoms with Gasteiger partial charge in [-0.1, -0.05) is 15.9 Å². The van der Waals surface area contributed by atoms with Crippen molar-refractivity contribution in [2.24, 2.45) is 0 Å². The van der Waals surface area contributed by atoms with Gasteiger partial charge in [-0.15, -0.1) is 0 Å². The van der Waals surface area contributed by atoms with Gasteiger partial charge < -0.3 is 4.74 Å².